The van der Waals surface area contributed by atoms with Gasteiger partial charge in [0.05, 0.1) is 0 Å². The van der Waals surface area contributed by atoms with Gasteiger partial charge < -0.3 is 25.4 Å². The van der Waals surface area contributed by atoms with Gasteiger partial charge in [0.25, 0.3) is 0 Å². The first kappa shape index (κ1) is 20.7. The van der Waals surface area contributed by atoms with E-state index in [1.54, 1.807) is 20.8 Å². The van der Waals surface area contributed by atoms with E-state index >= 15 is 0 Å². The number of amides is 3. The van der Waals surface area contributed by atoms with Gasteiger partial charge in [0, 0.05) is 6.54 Å². The lowest BCUT2D eigenvalue weighted by Crippen LogP contribution is -2.54. The van der Waals surface area contributed by atoms with Crippen molar-refractivity contribution in [1.82, 2.24) is 15.5 Å². The third-order valence-corrected chi connectivity index (χ3v) is 3.67. The molecule has 1 aliphatic heterocycles. The van der Waals surface area contributed by atoms with Crippen LogP contribution < -0.4 is 10.6 Å². The summed E-state index contributed by atoms with van der Waals surface area (Å²) in [6.07, 6.45) is 0.362. The fraction of sp³-hybridized carbons (Fsp3) is 0.750. The molecule has 1 aliphatic rings. The number of hydrogen-bond donors (Lipinski definition) is 3. The van der Waals surface area contributed by atoms with Gasteiger partial charge in [-0.05, 0) is 47.5 Å². The van der Waals surface area contributed by atoms with E-state index in [1.165, 1.54) is 18.7 Å². The third-order valence-electron chi connectivity index (χ3n) is 3.67. The van der Waals surface area contributed by atoms with Crippen LogP contribution in [0.5, 0.6) is 0 Å². The number of nitrogens with zero attached hydrogens (tertiary/aromatic N) is 1. The molecule has 0 bridgehead atoms. The van der Waals surface area contributed by atoms with E-state index in [2.05, 4.69) is 10.6 Å². The molecule has 0 saturated carbocycles. The Kier molecular flexibility index (Phi) is 6.78. The fourth-order valence-electron chi connectivity index (χ4n) is 2.47. The van der Waals surface area contributed by atoms with Crippen molar-refractivity contribution in [3.05, 3.63) is 0 Å². The van der Waals surface area contributed by atoms with Crippen LogP contribution in [0.25, 0.3) is 0 Å². The molecule has 142 valence electrons. The van der Waals surface area contributed by atoms with Crippen LogP contribution >= 0.6 is 0 Å². The second-order valence-electron chi connectivity index (χ2n) is 7.13. The van der Waals surface area contributed by atoms with Crippen molar-refractivity contribution in [2.45, 2.75) is 71.2 Å². The second kappa shape index (κ2) is 8.17. The molecule has 25 heavy (non-hydrogen) atoms. The number of carboxylic acids is 1. The van der Waals surface area contributed by atoms with E-state index in [0.717, 1.165) is 0 Å². The first-order valence-corrected chi connectivity index (χ1v) is 8.25. The van der Waals surface area contributed by atoms with Gasteiger partial charge in [0.1, 0.15) is 23.7 Å². The van der Waals surface area contributed by atoms with E-state index in [1.807, 2.05) is 0 Å². The molecular formula is C16H27N3O6. The maximum Gasteiger partial charge on any atom is 0.408 e. The summed E-state index contributed by atoms with van der Waals surface area (Å²) in [6, 6.07) is -2.64. The number of carboxylic acid groups (broad SMARTS) is 1. The van der Waals surface area contributed by atoms with Crippen molar-refractivity contribution in [2.75, 3.05) is 6.54 Å². The van der Waals surface area contributed by atoms with Crippen molar-refractivity contribution in [1.29, 1.82) is 0 Å². The van der Waals surface area contributed by atoms with Crippen LogP contribution in [-0.2, 0) is 19.1 Å². The molecule has 0 radical (unpaired) electrons. The Morgan fingerprint density at radius 2 is 1.72 bits per heavy atom. The van der Waals surface area contributed by atoms with E-state index in [4.69, 9.17) is 9.84 Å². The minimum atomic E-state index is -1.15. The van der Waals surface area contributed by atoms with E-state index in [0.29, 0.717) is 19.4 Å². The zero-order valence-electron chi connectivity index (χ0n) is 15.3. The Labute approximate surface area is 147 Å². The Hall–Kier alpha value is -2.32. The van der Waals surface area contributed by atoms with Crippen LogP contribution in [0.2, 0.25) is 0 Å². The number of carbonyl (C=O) groups is 4. The summed E-state index contributed by atoms with van der Waals surface area (Å²) in [6.45, 7) is 8.38. The van der Waals surface area contributed by atoms with Crippen LogP contribution in [0, 0.1) is 0 Å². The molecule has 0 aromatic heterocycles. The molecule has 3 amide bonds. The highest BCUT2D eigenvalue weighted by molar-refractivity contribution is 5.93. The highest BCUT2D eigenvalue weighted by Crippen LogP contribution is 2.19. The van der Waals surface area contributed by atoms with Gasteiger partial charge in [0.15, 0.2) is 0 Å². The molecule has 0 aromatic rings. The normalized spacial score (nSPS) is 19.7. The van der Waals surface area contributed by atoms with Gasteiger partial charge in [-0.2, -0.15) is 0 Å². The molecular weight excluding hydrogens is 330 g/mol. The molecule has 1 fully saturated rings. The first-order chi connectivity index (χ1) is 11.4. The number of alkyl carbamates (subject to hydrolysis) is 1. The Balaban J connectivity index is 2.67. The summed E-state index contributed by atoms with van der Waals surface area (Å²) in [5.41, 5.74) is -0.685. The van der Waals surface area contributed by atoms with Gasteiger partial charge in [-0.25, -0.2) is 4.79 Å². The van der Waals surface area contributed by atoms with Crippen LogP contribution in [0.3, 0.4) is 0 Å². The SMILES string of the molecule is C[C@H](NC(=O)[C@H]1CCCN1C(=O)[C@@H](C)NC(=O)OC(C)(C)C)C(=O)O. The minimum Gasteiger partial charge on any atom is -0.480 e. The molecule has 3 N–H and O–H groups in total. The number of rotatable bonds is 5. The average Bonchev–Trinajstić information content (AvgIpc) is 2.93. The monoisotopic (exact) mass is 357 g/mol. The quantitative estimate of drug-likeness (QED) is 0.657. The zero-order chi connectivity index (χ0) is 19.4. The lowest BCUT2D eigenvalue weighted by Gasteiger charge is -2.28. The van der Waals surface area contributed by atoms with Gasteiger partial charge in [0.2, 0.25) is 11.8 Å². The highest BCUT2D eigenvalue weighted by Gasteiger charge is 2.37. The predicted molar refractivity (Wildman–Crippen MR) is 88.8 cm³/mol. The Morgan fingerprint density at radius 1 is 1.12 bits per heavy atom. The molecule has 1 heterocycles. The van der Waals surface area contributed by atoms with Crippen molar-refractivity contribution >= 4 is 23.9 Å². The van der Waals surface area contributed by atoms with Crippen LogP contribution in [-0.4, -0.2) is 64.2 Å². The van der Waals surface area contributed by atoms with Gasteiger partial charge in [-0.1, -0.05) is 0 Å². The van der Waals surface area contributed by atoms with Crippen LogP contribution in [0.4, 0.5) is 4.79 Å². The highest BCUT2D eigenvalue weighted by atomic mass is 16.6. The Bertz CT molecular complexity index is 542. The molecule has 3 atom stereocenters. The average molecular weight is 357 g/mol. The minimum absolute atomic E-state index is 0.374. The number of likely N-dealkylation sites (tertiary alicyclic amines) is 1. The largest absolute Gasteiger partial charge is 0.480 e. The summed E-state index contributed by atoms with van der Waals surface area (Å²) in [5, 5.41) is 13.7. The molecule has 1 rings (SSSR count). The summed E-state index contributed by atoms with van der Waals surface area (Å²) in [7, 11) is 0. The third kappa shape index (κ3) is 6.24. The van der Waals surface area contributed by atoms with Crippen LogP contribution in [0.1, 0.15) is 47.5 Å². The second-order valence-corrected chi connectivity index (χ2v) is 7.13. The Morgan fingerprint density at radius 3 is 2.24 bits per heavy atom. The number of nitrogens with one attached hydrogen (secondary N) is 2. The number of hydrogen-bond acceptors (Lipinski definition) is 5. The smallest absolute Gasteiger partial charge is 0.408 e. The molecule has 0 aromatic carbocycles. The van der Waals surface area contributed by atoms with Crippen LogP contribution in [0.15, 0.2) is 0 Å². The lowest BCUT2D eigenvalue weighted by atomic mass is 10.1. The summed E-state index contributed by atoms with van der Waals surface area (Å²) < 4.78 is 5.11. The van der Waals surface area contributed by atoms with Gasteiger partial charge in [-0.15, -0.1) is 0 Å². The zero-order valence-corrected chi connectivity index (χ0v) is 15.3. The van der Waals surface area contributed by atoms with E-state index < -0.39 is 47.6 Å². The topological polar surface area (TPSA) is 125 Å². The summed E-state index contributed by atoms with van der Waals surface area (Å²) in [5.74, 6) is -2.07. The maximum absolute atomic E-state index is 12.5. The molecule has 0 unspecified atom stereocenters. The van der Waals surface area contributed by atoms with E-state index in [9.17, 15) is 19.2 Å². The summed E-state index contributed by atoms with van der Waals surface area (Å²) in [4.78, 5) is 48.8. The predicted octanol–water partition coefficient (Wildman–Crippen LogP) is 0.480. The van der Waals surface area contributed by atoms with Crippen molar-refractivity contribution in [2.24, 2.45) is 0 Å². The summed E-state index contributed by atoms with van der Waals surface area (Å²) >= 11 is 0. The number of aliphatic carboxylic acids is 1. The van der Waals surface area contributed by atoms with Gasteiger partial charge in [-0.3, -0.25) is 14.4 Å². The fourth-order valence-corrected chi connectivity index (χ4v) is 2.47. The molecule has 0 aliphatic carbocycles. The van der Waals surface area contributed by atoms with E-state index in [-0.39, 0.29) is 0 Å². The van der Waals surface area contributed by atoms with Crippen molar-refractivity contribution < 1.29 is 29.0 Å². The molecule has 9 nitrogen and oxygen atoms in total. The molecule has 1 saturated heterocycles. The van der Waals surface area contributed by atoms with Crippen molar-refractivity contribution in [3.63, 3.8) is 0 Å². The molecule has 0 spiro atoms. The standard InChI is InChI=1S/C16H27N3O6/c1-9(18-15(24)25-16(3,4)5)13(21)19-8-6-7-11(19)12(20)17-10(2)14(22)23/h9-11H,6-8H2,1-5H3,(H,17,20)(H,18,24)(H,22,23)/t9-,10+,11-/m1/s1. The first-order valence-electron chi connectivity index (χ1n) is 8.25. The maximum atomic E-state index is 12.5. The molecule has 9 heteroatoms. The van der Waals surface area contributed by atoms with Gasteiger partial charge >= 0.3 is 12.1 Å². The van der Waals surface area contributed by atoms with Crippen molar-refractivity contribution in [3.8, 4) is 0 Å². The lowest BCUT2D eigenvalue weighted by molar-refractivity contribution is -0.143. The number of carbonyl (C=O) groups excluding carboxylic acids is 3. The number of ether oxygens (including phenoxy) is 1.